The Morgan fingerprint density at radius 1 is 0.875 bits per heavy atom. The minimum atomic E-state index is 0.0901. The van der Waals surface area contributed by atoms with E-state index in [0.29, 0.717) is 0 Å². The van der Waals surface area contributed by atoms with E-state index in [9.17, 15) is 4.79 Å². The van der Waals surface area contributed by atoms with Crippen LogP contribution < -0.4 is 5.32 Å². The average molecular weight is 434 g/mol. The number of fused-ring (bicyclic) bond motifs is 2. The SMILES string of the molecule is CCN(CC)CCNc1cccc2c1C(=O)c1cccc3c1c-2nn3CCN(CC)CC. The molecule has 1 N–H and O–H groups in total. The van der Waals surface area contributed by atoms with Crippen LogP contribution in [0.4, 0.5) is 5.69 Å². The molecule has 0 atom stereocenters. The van der Waals surface area contributed by atoms with Crippen LogP contribution in [0.5, 0.6) is 0 Å². The third kappa shape index (κ3) is 4.05. The number of hydrogen-bond donors (Lipinski definition) is 1. The van der Waals surface area contributed by atoms with Gasteiger partial charge in [-0.1, -0.05) is 52.0 Å². The van der Waals surface area contributed by atoms with Gasteiger partial charge in [-0.3, -0.25) is 9.48 Å². The van der Waals surface area contributed by atoms with Crippen LogP contribution in [0.25, 0.3) is 22.2 Å². The molecule has 170 valence electrons. The van der Waals surface area contributed by atoms with Gasteiger partial charge in [0, 0.05) is 41.8 Å². The van der Waals surface area contributed by atoms with E-state index in [0.717, 1.165) is 91.3 Å². The van der Waals surface area contributed by atoms with Crippen molar-refractivity contribution in [1.82, 2.24) is 19.6 Å². The van der Waals surface area contributed by atoms with E-state index in [1.54, 1.807) is 0 Å². The number of carbonyl (C=O) groups excluding carboxylic acids is 1. The first-order valence-corrected chi connectivity index (χ1v) is 12.0. The highest BCUT2D eigenvalue weighted by molar-refractivity contribution is 6.27. The van der Waals surface area contributed by atoms with Crippen molar-refractivity contribution in [2.24, 2.45) is 0 Å². The fourth-order valence-electron chi connectivity index (χ4n) is 4.72. The number of ketones is 1. The molecule has 0 bridgehead atoms. The summed E-state index contributed by atoms with van der Waals surface area (Å²) in [6.45, 7) is 16.3. The standard InChI is InChI=1S/C26H35N5O/c1-5-29(6-2)16-15-27-21-13-9-11-19-23(21)26(32)20-12-10-14-22-24(20)25(19)28-31(22)18-17-30(7-3)8-4/h9-14,27H,5-8,15-18H2,1-4H3. The van der Waals surface area contributed by atoms with Crippen LogP contribution in [0.2, 0.25) is 0 Å². The summed E-state index contributed by atoms with van der Waals surface area (Å²) in [5.41, 5.74) is 5.33. The fourth-order valence-corrected chi connectivity index (χ4v) is 4.72. The van der Waals surface area contributed by atoms with Crippen molar-refractivity contribution >= 4 is 22.4 Å². The fraction of sp³-hybridized carbons (Fsp3) is 0.462. The first-order chi connectivity index (χ1) is 15.6. The maximum atomic E-state index is 13.6. The molecule has 1 aromatic heterocycles. The molecule has 3 aromatic rings. The zero-order valence-corrected chi connectivity index (χ0v) is 19.8. The molecule has 0 saturated heterocycles. The van der Waals surface area contributed by atoms with Gasteiger partial charge in [0.2, 0.25) is 0 Å². The number of nitrogens with zero attached hydrogens (tertiary/aromatic N) is 4. The van der Waals surface area contributed by atoms with Gasteiger partial charge in [0.1, 0.15) is 5.69 Å². The molecule has 0 amide bonds. The second-order valence-electron chi connectivity index (χ2n) is 8.31. The molecular weight excluding hydrogens is 398 g/mol. The van der Waals surface area contributed by atoms with E-state index < -0.39 is 0 Å². The van der Waals surface area contributed by atoms with E-state index in [4.69, 9.17) is 5.10 Å². The summed E-state index contributed by atoms with van der Waals surface area (Å²) in [5, 5.41) is 9.53. The molecule has 1 aliphatic carbocycles. The van der Waals surface area contributed by atoms with Crippen molar-refractivity contribution < 1.29 is 4.79 Å². The van der Waals surface area contributed by atoms with Crippen molar-refractivity contribution in [2.75, 3.05) is 51.1 Å². The van der Waals surface area contributed by atoms with Gasteiger partial charge < -0.3 is 15.1 Å². The Kier molecular flexibility index (Phi) is 6.92. The second-order valence-corrected chi connectivity index (χ2v) is 8.31. The van der Waals surface area contributed by atoms with Crippen molar-refractivity contribution in [3.63, 3.8) is 0 Å². The molecule has 1 heterocycles. The summed E-state index contributed by atoms with van der Waals surface area (Å²) in [4.78, 5) is 18.4. The van der Waals surface area contributed by atoms with Gasteiger partial charge in [-0.15, -0.1) is 0 Å². The zero-order chi connectivity index (χ0) is 22.7. The van der Waals surface area contributed by atoms with Crippen LogP contribution in [0.3, 0.4) is 0 Å². The predicted octanol–water partition coefficient (Wildman–Crippen LogP) is 4.34. The number of anilines is 1. The molecule has 0 saturated carbocycles. The normalized spacial score (nSPS) is 12.8. The van der Waals surface area contributed by atoms with Gasteiger partial charge in [-0.2, -0.15) is 5.10 Å². The highest BCUT2D eigenvalue weighted by atomic mass is 16.1. The van der Waals surface area contributed by atoms with Gasteiger partial charge in [0.15, 0.2) is 5.78 Å². The van der Waals surface area contributed by atoms with E-state index in [1.807, 2.05) is 30.3 Å². The Balaban J connectivity index is 1.70. The minimum absolute atomic E-state index is 0.0901. The first kappa shape index (κ1) is 22.5. The maximum Gasteiger partial charge on any atom is 0.196 e. The summed E-state index contributed by atoms with van der Waals surface area (Å²) in [6, 6.07) is 12.1. The van der Waals surface area contributed by atoms with Gasteiger partial charge in [-0.25, -0.2) is 0 Å². The summed E-state index contributed by atoms with van der Waals surface area (Å²) in [6.07, 6.45) is 0. The zero-order valence-electron chi connectivity index (χ0n) is 19.8. The van der Waals surface area contributed by atoms with Gasteiger partial charge in [0.25, 0.3) is 0 Å². The van der Waals surface area contributed by atoms with Gasteiger partial charge >= 0.3 is 0 Å². The van der Waals surface area contributed by atoms with Crippen LogP contribution in [-0.4, -0.2) is 71.2 Å². The van der Waals surface area contributed by atoms with E-state index in [1.165, 1.54) is 0 Å². The summed E-state index contributed by atoms with van der Waals surface area (Å²) in [7, 11) is 0. The highest BCUT2D eigenvalue weighted by Gasteiger charge is 2.30. The third-order valence-corrected chi connectivity index (χ3v) is 6.73. The lowest BCUT2D eigenvalue weighted by Crippen LogP contribution is -2.29. The number of aromatic nitrogens is 2. The van der Waals surface area contributed by atoms with Crippen molar-refractivity contribution in [1.29, 1.82) is 0 Å². The third-order valence-electron chi connectivity index (χ3n) is 6.73. The number of likely N-dealkylation sites (N-methyl/N-ethyl adjacent to an activating group) is 2. The molecule has 0 radical (unpaired) electrons. The van der Waals surface area contributed by atoms with Crippen LogP contribution in [0, 0.1) is 0 Å². The number of nitrogens with one attached hydrogen (secondary N) is 1. The molecule has 6 heteroatoms. The molecule has 0 spiro atoms. The van der Waals surface area contributed by atoms with Gasteiger partial charge in [0.05, 0.1) is 17.6 Å². The lowest BCUT2D eigenvalue weighted by atomic mass is 9.86. The molecule has 1 aliphatic rings. The van der Waals surface area contributed by atoms with Crippen LogP contribution in [0.15, 0.2) is 36.4 Å². The molecule has 2 aromatic carbocycles. The lowest BCUT2D eigenvalue weighted by molar-refractivity contribution is 0.104. The summed E-state index contributed by atoms with van der Waals surface area (Å²) < 4.78 is 2.08. The summed E-state index contributed by atoms with van der Waals surface area (Å²) in [5.74, 6) is 0.0901. The molecule has 0 fully saturated rings. The Hall–Kier alpha value is -2.70. The number of rotatable bonds is 11. The number of benzene rings is 2. The number of carbonyl (C=O) groups is 1. The topological polar surface area (TPSA) is 53.4 Å². The predicted molar refractivity (Wildman–Crippen MR) is 133 cm³/mol. The molecule has 32 heavy (non-hydrogen) atoms. The van der Waals surface area contributed by atoms with Crippen LogP contribution in [0.1, 0.15) is 43.6 Å². The van der Waals surface area contributed by atoms with Crippen molar-refractivity contribution in [3.05, 3.63) is 47.5 Å². The Morgan fingerprint density at radius 2 is 1.53 bits per heavy atom. The molecule has 6 nitrogen and oxygen atoms in total. The van der Waals surface area contributed by atoms with E-state index >= 15 is 0 Å². The average Bonchev–Trinajstić information content (AvgIpc) is 3.20. The van der Waals surface area contributed by atoms with Crippen LogP contribution >= 0.6 is 0 Å². The molecule has 0 unspecified atom stereocenters. The maximum absolute atomic E-state index is 13.6. The highest BCUT2D eigenvalue weighted by Crippen LogP contribution is 2.41. The molecule has 4 rings (SSSR count). The Bertz CT molecular complexity index is 1100. The largest absolute Gasteiger partial charge is 0.383 e. The van der Waals surface area contributed by atoms with Gasteiger partial charge in [-0.05, 0) is 38.3 Å². The smallest absolute Gasteiger partial charge is 0.196 e. The Labute approximate surface area is 191 Å². The van der Waals surface area contributed by atoms with E-state index in [-0.39, 0.29) is 5.78 Å². The minimum Gasteiger partial charge on any atom is -0.383 e. The quantitative estimate of drug-likeness (QED) is 0.381. The van der Waals surface area contributed by atoms with Crippen LogP contribution in [-0.2, 0) is 6.54 Å². The monoisotopic (exact) mass is 433 g/mol. The summed E-state index contributed by atoms with van der Waals surface area (Å²) >= 11 is 0. The first-order valence-electron chi connectivity index (χ1n) is 12.0. The van der Waals surface area contributed by atoms with Crippen molar-refractivity contribution in [3.8, 4) is 11.3 Å². The second kappa shape index (κ2) is 9.84. The van der Waals surface area contributed by atoms with Crippen molar-refractivity contribution in [2.45, 2.75) is 34.2 Å². The number of hydrogen-bond acceptors (Lipinski definition) is 5. The Morgan fingerprint density at radius 3 is 2.25 bits per heavy atom. The molecule has 0 aliphatic heterocycles. The lowest BCUT2D eigenvalue weighted by Gasteiger charge is -2.21. The van der Waals surface area contributed by atoms with E-state index in [2.05, 4.69) is 53.6 Å². The molecular formula is C26H35N5O.